The van der Waals surface area contributed by atoms with Crippen LogP contribution in [0.3, 0.4) is 0 Å². The summed E-state index contributed by atoms with van der Waals surface area (Å²) in [6.07, 6.45) is 0. The Balaban J connectivity index is 2.05. The molecule has 1 aromatic heterocycles. The molecular weight excluding hydrogens is 380 g/mol. The van der Waals surface area contributed by atoms with Gasteiger partial charge in [-0.2, -0.15) is 0 Å². The van der Waals surface area contributed by atoms with Crippen molar-refractivity contribution < 1.29 is 8.42 Å². The SMILES string of the molecule is Cc1ccc(S(=O)(=O)n2c3ccc(C)cc3c3c(N)cc4ccccc4c32)cc1. The second-order valence-electron chi connectivity index (χ2n) is 7.51. The van der Waals surface area contributed by atoms with E-state index in [1.807, 2.05) is 74.5 Å². The lowest BCUT2D eigenvalue weighted by Gasteiger charge is -2.12. The molecule has 4 nitrogen and oxygen atoms in total. The number of benzene rings is 4. The summed E-state index contributed by atoms with van der Waals surface area (Å²) in [5.74, 6) is 0. The van der Waals surface area contributed by atoms with Gasteiger partial charge in [0.2, 0.25) is 0 Å². The minimum atomic E-state index is -3.83. The summed E-state index contributed by atoms with van der Waals surface area (Å²) in [6.45, 7) is 3.93. The summed E-state index contributed by atoms with van der Waals surface area (Å²) in [6, 6.07) is 22.4. The van der Waals surface area contributed by atoms with Gasteiger partial charge in [0.25, 0.3) is 10.0 Å². The number of nitrogen functional groups attached to an aromatic ring is 1. The molecule has 0 saturated heterocycles. The molecule has 4 aromatic carbocycles. The lowest BCUT2D eigenvalue weighted by Crippen LogP contribution is -2.13. The molecule has 1 heterocycles. The maximum atomic E-state index is 13.8. The van der Waals surface area contributed by atoms with Crippen molar-refractivity contribution >= 4 is 48.3 Å². The minimum Gasteiger partial charge on any atom is -0.398 e. The minimum absolute atomic E-state index is 0.258. The molecule has 0 saturated carbocycles. The number of hydrogen-bond acceptors (Lipinski definition) is 3. The van der Waals surface area contributed by atoms with Crippen LogP contribution in [-0.4, -0.2) is 12.4 Å². The standard InChI is InChI=1S/C24H20N2O2S/c1-15-7-10-18(11-8-15)29(27,28)26-22-12-9-16(2)13-20(22)23-21(25)14-17-5-3-4-6-19(17)24(23)26/h3-14H,25H2,1-2H3. The Morgan fingerprint density at radius 2 is 1.48 bits per heavy atom. The molecule has 0 amide bonds. The molecule has 0 atom stereocenters. The van der Waals surface area contributed by atoms with Gasteiger partial charge in [-0.3, -0.25) is 0 Å². The highest BCUT2D eigenvalue weighted by atomic mass is 32.2. The fraction of sp³-hybridized carbons (Fsp3) is 0.0833. The second kappa shape index (κ2) is 6.09. The number of anilines is 1. The van der Waals surface area contributed by atoms with Crippen molar-refractivity contribution in [3.8, 4) is 0 Å². The van der Waals surface area contributed by atoms with Crippen molar-refractivity contribution in [1.82, 2.24) is 3.97 Å². The number of aromatic nitrogens is 1. The van der Waals surface area contributed by atoms with Crippen molar-refractivity contribution in [2.75, 3.05) is 5.73 Å². The average Bonchev–Trinajstić information content (AvgIpc) is 3.04. The summed E-state index contributed by atoms with van der Waals surface area (Å²) in [7, 11) is -3.83. The highest BCUT2D eigenvalue weighted by molar-refractivity contribution is 7.90. The molecule has 0 bridgehead atoms. The molecular formula is C24H20N2O2S. The van der Waals surface area contributed by atoms with E-state index in [9.17, 15) is 8.42 Å². The van der Waals surface area contributed by atoms with Crippen LogP contribution in [0.25, 0.3) is 32.6 Å². The monoisotopic (exact) mass is 400 g/mol. The molecule has 2 N–H and O–H groups in total. The van der Waals surface area contributed by atoms with E-state index in [1.54, 1.807) is 12.1 Å². The van der Waals surface area contributed by atoms with E-state index >= 15 is 0 Å². The van der Waals surface area contributed by atoms with Gasteiger partial charge in [-0.15, -0.1) is 0 Å². The number of rotatable bonds is 2. The van der Waals surface area contributed by atoms with Crippen LogP contribution in [0.5, 0.6) is 0 Å². The van der Waals surface area contributed by atoms with E-state index in [0.29, 0.717) is 16.7 Å². The Bertz CT molecular complexity index is 1530. The van der Waals surface area contributed by atoms with Gasteiger partial charge in [-0.1, -0.05) is 53.6 Å². The number of nitrogens with zero attached hydrogens (tertiary/aromatic N) is 1. The lowest BCUT2D eigenvalue weighted by molar-refractivity contribution is 0.590. The van der Waals surface area contributed by atoms with Crippen LogP contribution in [-0.2, 0) is 10.0 Å². The van der Waals surface area contributed by atoms with Gasteiger partial charge in [-0.25, -0.2) is 12.4 Å². The average molecular weight is 401 g/mol. The Morgan fingerprint density at radius 1 is 0.793 bits per heavy atom. The molecule has 0 aliphatic rings. The smallest absolute Gasteiger partial charge is 0.268 e. The first kappa shape index (κ1) is 17.8. The Morgan fingerprint density at radius 3 is 2.24 bits per heavy atom. The van der Waals surface area contributed by atoms with E-state index in [-0.39, 0.29) is 4.90 Å². The molecule has 0 radical (unpaired) electrons. The summed E-state index contributed by atoms with van der Waals surface area (Å²) in [5.41, 5.74) is 10.3. The van der Waals surface area contributed by atoms with Crippen molar-refractivity contribution in [2.24, 2.45) is 0 Å². The topological polar surface area (TPSA) is 65.1 Å². The van der Waals surface area contributed by atoms with Crippen LogP contribution in [0, 0.1) is 13.8 Å². The number of hydrogen-bond donors (Lipinski definition) is 1. The van der Waals surface area contributed by atoms with Crippen molar-refractivity contribution in [3.63, 3.8) is 0 Å². The predicted molar refractivity (Wildman–Crippen MR) is 120 cm³/mol. The van der Waals surface area contributed by atoms with Gasteiger partial charge in [-0.05, 0) is 49.6 Å². The third-order valence-corrected chi connectivity index (χ3v) is 7.18. The summed E-state index contributed by atoms with van der Waals surface area (Å²) in [5, 5.41) is 3.40. The zero-order chi connectivity index (χ0) is 20.3. The number of aryl methyl sites for hydroxylation is 2. The normalized spacial score (nSPS) is 12.2. The maximum Gasteiger partial charge on any atom is 0.268 e. The summed E-state index contributed by atoms with van der Waals surface area (Å²) in [4.78, 5) is 0.258. The van der Waals surface area contributed by atoms with Crippen LogP contribution < -0.4 is 5.73 Å². The molecule has 0 aliphatic carbocycles. The van der Waals surface area contributed by atoms with Crippen molar-refractivity contribution in [3.05, 3.63) is 83.9 Å². The first-order chi connectivity index (χ1) is 13.9. The van der Waals surface area contributed by atoms with Gasteiger partial charge < -0.3 is 5.73 Å². The highest BCUT2D eigenvalue weighted by Gasteiger charge is 2.25. The number of nitrogens with two attached hydrogens (primary N) is 1. The van der Waals surface area contributed by atoms with Crippen molar-refractivity contribution in [2.45, 2.75) is 18.7 Å². The summed E-state index contributed by atoms with van der Waals surface area (Å²) < 4.78 is 29.1. The van der Waals surface area contributed by atoms with Crippen LogP contribution in [0.15, 0.2) is 77.7 Å². The molecule has 5 aromatic rings. The lowest BCUT2D eigenvalue weighted by atomic mass is 10.0. The van der Waals surface area contributed by atoms with Crippen LogP contribution in [0.1, 0.15) is 11.1 Å². The molecule has 5 heteroatoms. The molecule has 29 heavy (non-hydrogen) atoms. The third-order valence-electron chi connectivity index (χ3n) is 5.45. The Kier molecular flexibility index (Phi) is 3.73. The van der Waals surface area contributed by atoms with Crippen molar-refractivity contribution in [1.29, 1.82) is 0 Å². The van der Waals surface area contributed by atoms with Crippen LogP contribution >= 0.6 is 0 Å². The van der Waals surface area contributed by atoms with E-state index in [0.717, 1.165) is 32.7 Å². The Labute approximate surface area is 169 Å². The fourth-order valence-electron chi connectivity index (χ4n) is 4.06. The van der Waals surface area contributed by atoms with Crippen LogP contribution in [0.2, 0.25) is 0 Å². The van der Waals surface area contributed by atoms with Gasteiger partial charge in [0.05, 0.1) is 15.9 Å². The van der Waals surface area contributed by atoms with Gasteiger partial charge >= 0.3 is 0 Å². The molecule has 144 valence electrons. The second-order valence-corrected chi connectivity index (χ2v) is 9.30. The van der Waals surface area contributed by atoms with Gasteiger partial charge in [0, 0.05) is 21.8 Å². The molecule has 0 aliphatic heterocycles. The zero-order valence-corrected chi connectivity index (χ0v) is 17.0. The van der Waals surface area contributed by atoms with Crippen LogP contribution in [0.4, 0.5) is 5.69 Å². The molecule has 0 spiro atoms. The maximum absolute atomic E-state index is 13.8. The first-order valence-electron chi connectivity index (χ1n) is 9.42. The first-order valence-corrected chi connectivity index (χ1v) is 10.9. The summed E-state index contributed by atoms with van der Waals surface area (Å²) >= 11 is 0. The molecule has 5 rings (SSSR count). The largest absolute Gasteiger partial charge is 0.398 e. The third kappa shape index (κ3) is 2.54. The van der Waals surface area contributed by atoms with E-state index in [2.05, 4.69) is 0 Å². The van der Waals surface area contributed by atoms with Gasteiger partial charge in [0.15, 0.2) is 0 Å². The fourth-order valence-corrected chi connectivity index (χ4v) is 5.60. The van der Waals surface area contributed by atoms with E-state index in [1.165, 1.54) is 3.97 Å². The zero-order valence-electron chi connectivity index (χ0n) is 16.2. The van der Waals surface area contributed by atoms with E-state index < -0.39 is 10.0 Å². The van der Waals surface area contributed by atoms with Gasteiger partial charge in [0.1, 0.15) is 0 Å². The predicted octanol–water partition coefficient (Wildman–Crippen LogP) is 5.38. The molecule has 0 fully saturated rings. The number of fused-ring (bicyclic) bond motifs is 5. The molecule has 0 unspecified atom stereocenters. The van der Waals surface area contributed by atoms with E-state index in [4.69, 9.17) is 5.73 Å². The Hall–Kier alpha value is -3.31. The highest BCUT2D eigenvalue weighted by Crippen LogP contribution is 2.40. The quantitative estimate of drug-likeness (QED) is 0.404.